The lowest BCUT2D eigenvalue weighted by Crippen LogP contribution is -2.23. The van der Waals surface area contributed by atoms with E-state index in [0.29, 0.717) is 10.0 Å². The standard InChI is InChI=1S/C11H9Cl2N5S/c12-7-1-2-8(9(13)3-7)10-6(4-15-17-10)5-16-18-11(14)19/h1-5H,(H,15,17)(H3,14,18,19)/b16-5+. The molecule has 1 heterocycles. The molecule has 1 aromatic heterocycles. The molecule has 0 saturated heterocycles. The van der Waals surface area contributed by atoms with Crippen molar-refractivity contribution in [3.05, 3.63) is 40.0 Å². The van der Waals surface area contributed by atoms with E-state index in [9.17, 15) is 0 Å². The molecule has 0 bridgehead atoms. The first kappa shape index (κ1) is 13.8. The van der Waals surface area contributed by atoms with Crippen molar-refractivity contribution in [2.75, 3.05) is 0 Å². The Bertz CT molecular complexity index is 638. The fourth-order valence-corrected chi connectivity index (χ4v) is 2.02. The van der Waals surface area contributed by atoms with E-state index in [0.717, 1.165) is 16.8 Å². The molecular formula is C11H9Cl2N5S. The third kappa shape index (κ3) is 3.44. The van der Waals surface area contributed by atoms with Gasteiger partial charge >= 0.3 is 0 Å². The molecule has 5 nitrogen and oxygen atoms in total. The predicted octanol–water partition coefficient (Wildman–Crippen LogP) is 2.55. The molecule has 4 N–H and O–H groups in total. The number of nitrogens with one attached hydrogen (secondary N) is 2. The Kier molecular flexibility index (Phi) is 4.36. The van der Waals surface area contributed by atoms with Crippen LogP contribution in [0.4, 0.5) is 0 Å². The van der Waals surface area contributed by atoms with Crippen molar-refractivity contribution in [3.8, 4) is 11.3 Å². The number of aromatic amines is 1. The lowest BCUT2D eigenvalue weighted by molar-refractivity contribution is 1.04. The van der Waals surface area contributed by atoms with Gasteiger partial charge in [0.25, 0.3) is 0 Å². The fourth-order valence-electron chi connectivity index (χ4n) is 1.47. The molecule has 19 heavy (non-hydrogen) atoms. The zero-order valence-corrected chi connectivity index (χ0v) is 11.9. The summed E-state index contributed by atoms with van der Waals surface area (Å²) in [6.07, 6.45) is 3.16. The zero-order valence-electron chi connectivity index (χ0n) is 9.52. The van der Waals surface area contributed by atoms with Gasteiger partial charge in [-0.1, -0.05) is 23.2 Å². The molecule has 0 fully saturated rings. The average Bonchev–Trinajstić information content (AvgIpc) is 2.77. The quantitative estimate of drug-likeness (QED) is 0.462. The summed E-state index contributed by atoms with van der Waals surface area (Å²) < 4.78 is 0. The minimum absolute atomic E-state index is 0.0887. The monoisotopic (exact) mass is 313 g/mol. The van der Waals surface area contributed by atoms with Gasteiger partial charge in [0.05, 0.1) is 23.1 Å². The summed E-state index contributed by atoms with van der Waals surface area (Å²) in [5.74, 6) is 0. The Morgan fingerprint density at radius 3 is 2.95 bits per heavy atom. The van der Waals surface area contributed by atoms with E-state index in [4.69, 9.17) is 28.9 Å². The van der Waals surface area contributed by atoms with Gasteiger partial charge in [0, 0.05) is 16.1 Å². The normalized spacial score (nSPS) is 10.8. The van der Waals surface area contributed by atoms with Crippen LogP contribution in [0.2, 0.25) is 10.0 Å². The average molecular weight is 314 g/mol. The molecule has 1 aromatic carbocycles. The number of nitrogens with zero attached hydrogens (tertiary/aromatic N) is 2. The summed E-state index contributed by atoms with van der Waals surface area (Å²) in [7, 11) is 0. The van der Waals surface area contributed by atoms with Crippen LogP contribution < -0.4 is 11.2 Å². The Labute approximate surface area is 124 Å². The summed E-state index contributed by atoms with van der Waals surface area (Å²) in [6, 6.07) is 5.21. The number of hydrogen-bond donors (Lipinski definition) is 3. The molecular weight excluding hydrogens is 305 g/mol. The number of aromatic nitrogens is 2. The third-order valence-electron chi connectivity index (χ3n) is 2.25. The second-order valence-electron chi connectivity index (χ2n) is 3.56. The summed E-state index contributed by atoms with van der Waals surface area (Å²) in [5.41, 5.74) is 9.99. The number of nitrogens with two attached hydrogens (primary N) is 1. The van der Waals surface area contributed by atoms with Crippen LogP contribution in [0.5, 0.6) is 0 Å². The van der Waals surface area contributed by atoms with Gasteiger partial charge in [0.15, 0.2) is 5.11 Å². The smallest absolute Gasteiger partial charge is 0.184 e. The maximum Gasteiger partial charge on any atom is 0.184 e. The summed E-state index contributed by atoms with van der Waals surface area (Å²) in [4.78, 5) is 0. The Balaban J connectivity index is 2.33. The van der Waals surface area contributed by atoms with Crippen LogP contribution in [-0.4, -0.2) is 21.5 Å². The molecule has 0 unspecified atom stereocenters. The molecule has 0 radical (unpaired) electrons. The van der Waals surface area contributed by atoms with Gasteiger partial charge in [-0.05, 0) is 30.4 Å². The number of halogens is 2. The van der Waals surface area contributed by atoms with Crippen molar-refractivity contribution in [2.45, 2.75) is 0 Å². The Morgan fingerprint density at radius 2 is 2.26 bits per heavy atom. The molecule has 0 aliphatic heterocycles. The van der Waals surface area contributed by atoms with Gasteiger partial charge in [-0.25, -0.2) is 0 Å². The van der Waals surface area contributed by atoms with Gasteiger partial charge < -0.3 is 5.73 Å². The van der Waals surface area contributed by atoms with Crippen molar-refractivity contribution in [1.29, 1.82) is 0 Å². The number of rotatable bonds is 3. The molecule has 8 heteroatoms. The van der Waals surface area contributed by atoms with E-state index in [1.807, 2.05) is 0 Å². The van der Waals surface area contributed by atoms with E-state index in [2.05, 4.69) is 32.9 Å². The molecule has 0 aliphatic carbocycles. The van der Waals surface area contributed by atoms with Crippen LogP contribution in [0.1, 0.15) is 5.56 Å². The first-order valence-corrected chi connectivity index (χ1v) is 6.31. The van der Waals surface area contributed by atoms with Crippen molar-refractivity contribution in [2.24, 2.45) is 10.8 Å². The minimum Gasteiger partial charge on any atom is -0.375 e. The highest BCUT2D eigenvalue weighted by Crippen LogP contribution is 2.30. The highest BCUT2D eigenvalue weighted by molar-refractivity contribution is 7.80. The Morgan fingerprint density at radius 1 is 1.47 bits per heavy atom. The lowest BCUT2D eigenvalue weighted by atomic mass is 10.1. The SMILES string of the molecule is NC(=S)N/N=C/c1cn[nH]c1-c1ccc(Cl)cc1Cl. The molecule has 0 amide bonds. The highest BCUT2D eigenvalue weighted by atomic mass is 35.5. The first-order chi connectivity index (χ1) is 9.08. The van der Waals surface area contributed by atoms with Crippen LogP contribution in [0.15, 0.2) is 29.5 Å². The summed E-state index contributed by atoms with van der Waals surface area (Å²) in [6.45, 7) is 0. The van der Waals surface area contributed by atoms with Crippen molar-refractivity contribution in [1.82, 2.24) is 15.6 Å². The van der Waals surface area contributed by atoms with Gasteiger partial charge in [-0.3, -0.25) is 10.5 Å². The molecule has 0 atom stereocenters. The number of hydrogen-bond acceptors (Lipinski definition) is 3. The van der Waals surface area contributed by atoms with Crippen molar-refractivity contribution in [3.63, 3.8) is 0 Å². The predicted molar refractivity (Wildman–Crippen MR) is 81.6 cm³/mol. The maximum atomic E-state index is 6.14. The Hall–Kier alpha value is -1.63. The largest absolute Gasteiger partial charge is 0.375 e. The number of thiocarbonyl (C=S) groups is 1. The summed E-state index contributed by atoms with van der Waals surface area (Å²) in [5, 5.41) is 11.9. The molecule has 98 valence electrons. The van der Waals surface area contributed by atoms with Crippen LogP contribution >= 0.6 is 35.4 Å². The first-order valence-electron chi connectivity index (χ1n) is 5.15. The maximum absolute atomic E-state index is 6.14. The number of H-pyrrole nitrogens is 1. The zero-order chi connectivity index (χ0) is 13.8. The van der Waals surface area contributed by atoms with Crippen molar-refractivity contribution < 1.29 is 0 Å². The number of hydrazone groups is 1. The summed E-state index contributed by atoms with van der Waals surface area (Å²) >= 11 is 16.7. The van der Waals surface area contributed by atoms with Crippen LogP contribution in [0, 0.1) is 0 Å². The van der Waals surface area contributed by atoms with Crippen LogP contribution in [0.25, 0.3) is 11.3 Å². The fraction of sp³-hybridized carbons (Fsp3) is 0. The second kappa shape index (κ2) is 6.01. The molecule has 2 rings (SSSR count). The second-order valence-corrected chi connectivity index (χ2v) is 4.84. The third-order valence-corrected chi connectivity index (χ3v) is 2.89. The van der Waals surface area contributed by atoms with Gasteiger partial charge in [-0.15, -0.1) is 0 Å². The van der Waals surface area contributed by atoms with E-state index >= 15 is 0 Å². The molecule has 0 spiro atoms. The van der Waals surface area contributed by atoms with E-state index in [1.165, 1.54) is 0 Å². The number of benzene rings is 1. The van der Waals surface area contributed by atoms with E-state index < -0.39 is 0 Å². The van der Waals surface area contributed by atoms with Gasteiger partial charge in [-0.2, -0.15) is 10.2 Å². The van der Waals surface area contributed by atoms with Crippen LogP contribution in [0.3, 0.4) is 0 Å². The molecule has 2 aromatic rings. The van der Waals surface area contributed by atoms with Crippen LogP contribution in [-0.2, 0) is 0 Å². The van der Waals surface area contributed by atoms with Gasteiger partial charge in [0.2, 0.25) is 0 Å². The van der Waals surface area contributed by atoms with Crippen molar-refractivity contribution >= 4 is 46.7 Å². The molecule has 0 saturated carbocycles. The van der Waals surface area contributed by atoms with E-state index in [1.54, 1.807) is 30.6 Å². The molecule has 0 aliphatic rings. The lowest BCUT2D eigenvalue weighted by Gasteiger charge is -2.03. The van der Waals surface area contributed by atoms with E-state index in [-0.39, 0.29) is 5.11 Å². The minimum atomic E-state index is 0.0887. The highest BCUT2D eigenvalue weighted by Gasteiger charge is 2.10. The topological polar surface area (TPSA) is 79.1 Å². The van der Waals surface area contributed by atoms with Gasteiger partial charge in [0.1, 0.15) is 0 Å².